The number of nitrogens with zero attached hydrogens (tertiary/aromatic N) is 3. The highest BCUT2D eigenvalue weighted by Crippen LogP contribution is 2.28. The number of non-ortho nitro benzene ring substituents is 1. The van der Waals surface area contributed by atoms with Crippen LogP contribution in [0.3, 0.4) is 0 Å². The van der Waals surface area contributed by atoms with Gasteiger partial charge in [-0.2, -0.15) is 5.10 Å². The van der Waals surface area contributed by atoms with Gasteiger partial charge in [0, 0.05) is 11.6 Å². The Kier molecular flexibility index (Phi) is 4.27. The number of hydrogen-bond donors (Lipinski definition) is 2. The first kappa shape index (κ1) is 14.9. The summed E-state index contributed by atoms with van der Waals surface area (Å²) in [6.07, 6.45) is 1.28. The molecule has 0 saturated carbocycles. The van der Waals surface area contributed by atoms with Crippen LogP contribution in [-0.4, -0.2) is 21.2 Å². The molecule has 0 aliphatic carbocycles. The second-order valence-electron chi connectivity index (χ2n) is 4.14. The molecular weight excluding hydrogens is 292 g/mol. The lowest BCUT2D eigenvalue weighted by Crippen LogP contribution is -1.98. The minimum absolute atomic E-state index is 0.00210. The van der Waals surface area contributed by atoms with Crippen LogP contribution in [0, 0.1) is 20.2 Å². The monoisotopic (exact) mass is 302 g/mol. The maximum atomic E-state index is 10.9. The van der Waals surface area contributed by atoms with Crippen LogP contribution in [0.4, 0.5) is 17.1 Å². The first-order valence-electron chi connectivity index (χ1n) is 5.99. The van der Waals surface area contributed by atoms with E-state index in [1.165, 1.54) is 18.3 Å². The molecule has 0 saturated heterocycles. The lowest BCUT2D eigenvalue weighted by Gasteiger charge is -2.02. The summed E-state index contributed by atoms with van der Waals surface area (Å²) in [7, 11) is 0. The summed E-state index contributed by atoms with van der Waals surface area (Å²) in [4.78, 5) is 20.1. The Labute approximate surface area is 123 Å². The molecule has 0 aromatic heterocycles. The van der Waals surface area contributed by atoms with Crippen LogP contribution in [0.2, 0.25) is 0 Å². The molecule has 0 amide bonds. The Morgan fingerprint density at radius 3 is 2.45 bits per heavy atom. The van der Waals surface area contributed by atoms with Gasteiger partial charge in [-0.15, -0.1) is 0 Å². The van der Waals surface area contributed by atoms with E-state index in [0.717, 1.165) is 12.1 Å². The van der Waals surface area contributed by atoms with E-state index in [4.69, 9.17) is 0 Å². The molecule has 0 radical (unpaired) electrons. The number of nitro benzene ring substituents is 2. The lowest BCUT2D eigenvalue weighted by atomic mass is 10.2. The Bertz CT molecular complexity index is 760. The topological polar surface area (TPSA) is 131 Å². The van der Waals surface area contributed by atoms with Gasteiger partial charge in [0.1, 0.15) is 11.4 Å². The molecular formula is C13H10N4O5. The number of anilines is 1. The van der Waals surface area contributed by atoms with Crippen LogP contribution < -0.4 is 5.43 Å². The second-order valence-corrected chi connectivity index (χ2v) is 4.14. The molecule has 9 nitrogen and oxygen atoms in total. The van der Waals surface area contributed by atoms with E-state index in [9.17, 15) is 25.3 Å². The van der Waals surface area contributed by atoms with E-state index in [-0.39, 0.29) is 17.1 Å². The average Bonchev–Trinajstić information content (AvgIpc) is 2.49. The minimum atomic E-state index is -0.745. The molecule has 22 heavy (non-hydrogen) atoms. The SMILES string of the molecule is O=[N+]([O-])c1ccc(N/N=C/c2ccccc2O)c([N+](=O)[O-])c1. The van der Waals surface area contributed by atoms with Crippen molar-refractivity contribution in [2.45, 2.75) is 0 Å². The quantitative estimate of drug-likeness (QED) is 0.496. The van der Waals surface area contributed by atoms with Gasteiger partial charge in [-0.3, -0.25) is 25.7 Å². The smallest absolute Gasteiger partial charge is 0.301 e. The second kappa shape index (κ2) is 6.31. The summed E-state index contributed by atoms with van der Waals surface area (Å²) in [6, 6.07) is 9.57. The van der Waals surface area contributed by atoms with Crippen molar-refractivity contribution in [1.29, 1.82) is 0 Å². The molecule has 112 valence electrons. The highest BCUT2D eigenvalue weighted by atomic mass is 16.6. The van der Waals surface area contributed by atoms with E-state index >= 15 is 0 Å². The van der Waals surface area contributed by atoms with Gasteiger partial charge in [0.2, 0.25) is 0 Å². The fraction of sp³-hybridized carbons (Fsp3) is 0. The highest BCUT2D eigenvalue weighted by Gasteiger charge is 2.19. The number of hydrogen-bond acceptors (Lipinski definition) is 7. The van der Waals surface area contributed by atoms with Gasteiger partial charge in [-0.1, -0.05) is 12.1 Å². The van der Waals surface area contributed by atoms with Gasteiger partial charge in [-0.25, -0.2) is 0 Å². The molecule has 0 spiro atoms. The van der Waals surface area contributed by atoms with Crippen LogP contribution in [-0.2, 0) is 0 Å². The van der Waals surface area contributed by atoms with E-state index in [1.807, 2.05) is 0 Å². The number of benzene rings is 2. The fourth-order valence-electron chi connectivity index (χ4n) is 1.65. The minimum Gasteiger partial charge on any atom is -0.507 e. The predicted octanol–water partition coefficient (Wildman–Crippen LogP) is 2.65. The van der Waals surface area contributed by atoms with E-state index < -0.39 is 15.5 Å². The van der Waals surface area contributed by atoms with Crippen LogP contribution in [0.1, 0.15) is 5.56 Å². The number of rotatable bonds is 5. The number of phenolic OH excluding ortho intramolecular Hbond substituents is 1. The Morgan fingerprint density at radius 1 is 1.09 bits per heavy atom. The zero-order valence-electron chi connectivity index (χ0n) is 11.0. The van der Waals surface area contributed by atoms with Crippen LogP contribution in [0.25, 0.3) is 0 Å². The molecule has 0 heterocycles. The van der Waals surface area contributed by atoms with Gasteiger partial charge in [-0.05, 0) is 18.2 Å². The fourth-order valence-corrected chi connectivity index (χ4v) is 1.65. The Balaban J connectivity index is 2.24. The summed E-state index contributed by atoms with van der Waals surface area (Å²) < 4.78 is 0. The third-order valence-electron chi connectivity index (χ3n) is 2.71. The summed E-state index contributed by atoms with van der Waals surface area (Å²) in [6.45, 7) is 0. The number of para-hydroxylation sites is 1. The lowest BCUT2D eigenvalue weighted by molar-refractivity contribution is -0.393. The van der Waals surface area contributed by atoms with Crippen LogP contribution in [0.15, 0.2) is 47.6 Å². The van der Waals surface area contributed by atoms with Gasteiger partial charge in [0.25, 0.3) is 5.69 Å². The zero-order valence-corrected chi connectivity index (χ0v) is 11.0. The number of aromatic hydroxyl groups is 1. The van der Waals surface area contributed by atoms with E-state index in [2.05, 4.69) is 10.5 Å². The van der Waals surface area contributed by atoms with Crippen LogP contribution in [0.5, 0.6) is 5.75 Å². The van der Waals surface area contributed by atoms with Crippen LogP contribution >= 0.6 is 0 Å². The number of nitrogens with one attached hydrogen (secondary N) is 1. The van der Waals surface area contributed by atoms with E-state index in [1.54, 1.807) is 18.2 Å². The average molecular weight is 302 g/mol. The molecule has 0 aliphatic rings. The molecule has 2 aromatic rings. The van der Waals surface area contributed by atoms with Gasteiger partial charge >= 0.3 is 5.69 Å². The van der Waals surface area contributed by atoms with Crippen molar-refractivity contribution in [1.82, 2.24) is 0 Å². The van der Waals surface area contributed by atoms with E-state index in [0.29, 0.717) is 5.56 Å². The number of nitro groups is 2. The summed E-state index contributed by atoms with van der Waals surface area (Å²) >= 11 is 0. The van der Waals surface area contributed by atoms with Crippen molar-refractivity contribution in [3.05, 3.63) is 68.3 Å². The maximum absolute atomic E-state index is 10.9. The maximum Gasteiger partial charge on any atom is 0.301 e. The normalized spacial score (nSPS) is 10.5. The largest absolute Gasteiger partial charge is 0.507 e. The molecule has 0 unspecified atom stereocenters. The first-order chi connectivity index (χ1) is 10.5. The summed E-state index contributed by atoms with van der Waals surface area (Å²) in [5, 5.41) is 34.9. The molecule has 2 rings (SSSR count). The van der Waals surface area contributed by atoms with Gasteiger partial charge < -0.3 is 5.11 Å². The third-order valence-corrected chi connectivity index (χ3v) is 2.71. The standard InChI is InChI=1S/C13H10N4O5/c18-13-4-2-1-3-9(13)8-14-15-11-6-5-10(16(19)20)7-12(11)17(21)22/h1-8,15,18H/b14-8+. The Hall–Kier alpha value is -3.49. The zero-order chi connectivity index (χ0) is 16.1. The molecule has 0 aliphatic heterocycles. The highest BCUT2D eigenvalue weighted by molar-refractivity contribution is 5.84. The summed E-state index contributed by atoms with van der Waals surface area (Å²) in [5.74, 6) is 0.00579. The van der Waals surface area contributed by atoms with Crippen molar-refractivity contribution in [2.75, 3.05) is 5.43 Å². The van der Waals surface area contributed by atoms with Crippen molar-refractivity contribution < 1.29 is 15.0 Å². The third kappa shape index (κ3) is 3.33. The molecule has 0 bridgehead atoms. The van der Waals surface area contributed by atoms with Crippen molar-refractivity contribution in [3.63, 3.8) is 0 Å². The summed E-state index contributed by atoms with van der Waals surface area (Å²) in [5.41, 5.74) is 1.99. The number of hydrazone groups is 1. The van der Waals surface area contributed by atoms with Gasteiger partial charge in [0.05, 0.1) is 22.1 Å². The van der Waals surface area contributed by atoms with Crippen molar-refractivity contribution in [3.8, 4) is 5.75 Å². The molecule has 2 aromatic carbocycles. The van der Waals surface area contributed by atoms with Crippen molar-refractivity contribution >= 4 is 23.3 Å². The predicted molar refractivity (Wildman–Crippen MR) is 79.1 cm³/mol. The van der Waals surface area contributed by atoms with Gasteiger partial charge in [0.15, 0.2) is 0 Å². The molecule has 0 atom stereocenters. The molecule has 9 heteroatoms. The first-order valence-corrected chi connectivity index (χ1v) is 5.99. The molecule has 2 N–H and O–H groups in total. The Morgan fingerprint density at radius 2 is 1.82 bits per heavy atom. The van der Waals surface area contributed by atoms with Crippen molar-refractivity contribution in [2.24, 2.45) is 5.10 Å². The molecule has 0 fully saturated rings. The number of phenols is 1.